The summed E-state index contributed by atoms with van der Waals surface area (Å²) in [6.45, 7) is 0. The minimum Gasteiger partial charge on any atom is -0.496 e. The first kappa shape index (κ1) is 15.5. The number of hydrogen-bond acceptors (Lipinski definition) is 4. The Morgan fingerprint density at radius 3 is 2.43 bits per heavy atom. The molecule has 1 heterocycles. The zero-order valence-corrected chi connectivity index (χ0v) is 13.4. The van der Waals surface area contributed by atoms with Crippen molar-refractivity contribution < 1.29 is 9.13 Å². The average Bonchev–Trinajstić information content (AvgIpc) is 2.61. The fraction of sp³-hybridized carbons (Fsp3) is 0.111. The lowest BCUT2D eigenvalue weighted by Gasteiger charge is -2.07. The molecule has 0 N–H and O–H groups in total. The van der Waals surface area contributed by atoms with Crippen molar-refractivity contribution in [3.05, 3.63) is 72.0 Å². The number of aromatic nitrogens is 2. The standard InChI is InChI=1S/C18H15FN2OS/c1-22-17-5-3-2-4-14(17)12-23-18-11-10-16(20-21-18)13-6-8-15(19)9-7-13/h2-11H,12H2,1H3. The predicted octanol–water partition coefficient (Wildman–Crippen LogP) is 4.58. The van der Waals surface area contributed by atoms with Gasteiger partial charge in [-0.2, -0.15) is 0 Å². The van der Waals surface area contributed by atoms with Crippen LogP contribution in [0.25, 0.3) is 11.3 Å². The Hall–Kier alpha value is -2.40. The molecule has 0 bridgehead atoms. The van der Waals surface area contributed by atoms with E-state index in [1.165, 1.54) is 12.1 Å². The van der Waals surface area contributed by atoms with E-state index in [1.54, 1.807) is 31.0 Å². The highest BCUT2D eigenvalue weighted by atomic mass is 32.2. The van der Waals surface area contributed by atoms with Crippen LogP contribution in [0.1, 0.15) is 5.56 Å². The van der Waals surface area contributed by atoms with Crippen LogP contribution in [0.4, 0.5) is 4.39 Å². The van der Waals surface area contributed by atoms with E-state index < -0.39 is 0 Å². The largest absolute Gasteiger partial charge is 0.496 e. The summed E-state index contributed by atoms with van der Waals surface area (Å²) in [6, 6.07) is 18.0. The van der Waals surface area contributed by atoms with Crippen molar-refractivity contribution in [2.24, 2.45) is 0 Å². The van der Waals surface area contributed by atoms with Crippen molar-refractivity contribution in [3.8, 4) is 17.0 Å². The van der Waals surface area contributed by atoms with Crippen LogP contribution in [0.5, 0.6) is 5.75 Å². The van der Waals surface area contributed by atoms with Gasteiger partial charge < -0.3 is 4.74 Å². The Morgan fingerprint density at radius 1 is 0.957 bits per heavy atom. The Bertz CT molecular complexity index is 776. The number of hydrogen-bond donors (Lipinski definition) is 0. The molecule has 2 aromatic carbocycles. The fourth-order valence-corrected chi connectivity index (χ4v) is 2.95. The molecule has 116 valence electrons. The van der Waals surface area contributed by atoms with Gasteiger partial charge >= 0.3 is 0 Å². The van der Waals surface area contributed by atoms with Crippen molar-refractivity contribution in [1.29, 1.82) is 0 Å². The average molecular weight is 326 g/mol. The van der Waals surface area contributed by atoms with Gasteiger partial charge in [0.2, 0.25) is 0 Å². The quantitative estimate of drug-likeness (QED) is 0.643. The predicted molar refractivity (Wildman–Crippen MR) is 90.0 cm³/mol. The van der Waals surface area contributed by atoms with Crippen molar-refractivity contribution in [2.45, 2.75) is 10.8 Å². The molecule has 0 saturated carbocycles. The zero-order valence-electron chi connectivity index (χ0n) is 12.6. The number of benzene rings is 2. The summed E-state index contributed by atoms with van der Waals surface area (Å²) in [6.07, 6.45) is 0. The van der Waals surface area contributed by atoms with Crippen LogP contribution in [0.15, 0.2) is 65.7 Å². The molecule has 3 nitrogen and oxygen atoms in total. The van der Waals surface area contributed by atoms with Gasteiger partial charge in [-0.3, -0.25) is 0 Å². The first-order valence-corrected chi connectivity index (χ1v) is 8.09. The molecule has 3 rings (SSSR count). The highest BCUT2D eigenvalue weighted by Crippen LogP contribution is 2.27. The minimum absolute atomic E-state index is 0.259. The molecule has 0 spiro atoms. The number of thioether (sulfide) groups is 1. The number of rotatable bonds is 5. The third kappa shape index (κ3) is 3.87. The van der Waals surface area contributed by atoms with Gasteiger partial charge in [-0.15, -0.1) is 10.2 Å². The van der Waals surface area contributed by atoms with E-state index >= 15 is 0 Å². The molecule has 3 aromatic rings. The van der Waals surface area contributed by atoms with E-state index in [0.717, 1.165) is 33.3 Å². The van der Waals surface area contributed by atoms with E-state index in [2.05, 4.69) is 10.2 Å². The maximum atomic E-state index is 12.9. The second-order valence-electron chi connectivity index (χ2n) is 4.86. The lowest BCUT2D eigenvalue weighted by atomic mass is 10.1. The first-order chi connectivity index (χ1) is 11.3. The maximum absolute atomic E-state index is 12.9. The van der Waals surface area contributed by atoms with Gasteiger partial charge in [-0.05, 0) is 42.5 Å². The molecule has 0 aliphatic carbocycles. The Morgan fingerprint density at radius 2 is 1.74 bits per heavy atom. The van der Waals surface area contributed by atoms with Gasteiger partial charge in [0.25, 0.3) is 0 Å². The van der Waals surface area contributed by atoms with E-state index in [9.17, 15) is 4.39 Å². The molecule has 0 atom stereocenters. The lowest BCUT2D eigenvalue weighted by molar-refractivity contribution is 0.411. The van der Waals surface area contributed by atoms with Crippen LogP contribution in [0.2, 0.25) is 0 Å². The number of para-hydroxylation sites is 1. The van der Waals surface area contributed by atoms with Crippen LogP contribution in [0, 0.1) is 5.82 Å². The Balaban J connectivity index is 1.69. The third-order valence-electron chi connectivity index (χ3n) is 3.35. The van der Waals surface area contributed by atoms with Crippen LogP contribution >= 0.6 is 11.8 Å². The molecule has 0 saturated heterocycles. The number of nitrogens with zero attached hydrogens (tertiary/aromatic N) is 2. The topological polar surface area (TPSA) is 35.0 Å². The summed E-state index contributed by atoms with van der Waals surface area (Å²) in [5.41, 5.74) is 2.69. The van der Waals surface area contributed by atoms with Crippen LogP contribution in [0.3, 0.4) is 0 Å². The van der Waals surface area contributed by atoms with Crippen molar-refractivity contribution in [3.63, 3.8) is 0 Å². The van der Waals surface area contributed by atoms with Crippen molar-refractivity contribution in [2.75, 3.05) is 7.11 Å². The van der Waals surface area contributed by atoms with Crippen LogP contribution in [-0.2, 0) is 5.75 Å². The van der Waals surface area contributed by atoms with Gasteiger partial charge in [0.1, 0.15) is 16.6 Å². The highest BCUT2D eigenvalue weighted by molar-refractivity contribution is 7.98. The van der Waals surface area contributed by atoms with E-state index in [1.807, 2.05) is 36.4 Å². The normalized spacial score (nSPS) is 10.5. The molecule has 0 aliphatic heterocycles. The molecule has 0 fully saturated rings. The van der Waals surface area contributed by atoms with E-state index in [0.29, 0.717) is 0 Å². The first-order valence-electron chi connectivity index (χ1n) is 7.10. The maximum Gasteiger partial charge on any atom is 0.123 e. The summed E-state index contributed by atoms with van der Waals surface area (Å²) in [4.78, 5) is 0. The summed E-state index contributed by atoms with van der Waals surface area (Å²) in [7, 11) is 1.67. The van der Waals surface area contributed by atoms with Gasteiger partial charge in [0.05, 0.1) is 12.8 Å². The molecule has 0 aliphatic rings. The monoisotopic (exact) mass is 326 g/mol. The molecular formula is C18H15FN2OS. The van der Waals surface area contributed by atoms with Crippen LogP contribution in [-0.4, -0.2) is 17.3 Å². The zero-order chi connectivity index (χ0) is 16.1. The van der Waals surface area contributed by atoms with Gasteiger partial charge in [-0.25, -0.2) is 4.39 Å². The molecule has 1 aromatic heterocycles. The van der Waals surface area contributed by atoms with Gasteiger partial charge in [0, 0.05) is 16.9 Å². The SMILES string of the molecule is COc1ccccc1CSc1ccc(-c2ccc(F)cc2)nn1. The molecule has 0 radical (unpaired) electrons. The number of ether oxygens (including phenoxy) is 1. The third-order valence-corrected chi connectivity index (χ3v) is 4.32. The smallest absolute Gasteiger partial charge is 0.123 e. The summed E-state index contributed by atoms with van der Waals surface area (Å²) in [5, 5.41) is 9.27. The fourth-order valence-electron chi connectivity index (χ4n) is 2.15. The second-order valence-corrected chi connectivity index (χ2v) is 5.86. The van der Waals surface area contributed by atoms with Crippen molar-refractivity contribution in [1.82, 2.24) is 10.2 Å². The highest BCUT2D eigenvalue weighted by Gasteiger charge is 2.05. The Labute approximate surface area is 138 Å². The second kappa shape index (κ2) is 7.24. The molecular weight excluding hydrogens is 311 g/mol. The number of halogens is 1. The van der Waals surface area contributed by atoms with E-state index in [4.69, 9.17) is 4.74 Å². The molecule has 0 amide bonds. The summed E-state index contributed by atoms with van der Waals surface area (Å²) >= 11 is 1.60. The van der Waals surface area contributed by atoms with Gasteiger partial charge in [-0.1, -0.05) is 30.0 Å². The minimum atomic E-state index is -0.259. The van der Waals surface area contributed by atoms with Crippen LogP contribution < -0.4 is 4.74 Å². The van der Waals surface area contributed by atoms with Gasteiger partial charge in [0.15, 0.2) is 0 Å². The molecule has 23 heavy (non-hydrogen) atoms. The molecule has 5 heteroatoms. The number of methoxy groups -OCH3 is 1. The Kier molecular flexibility index (Phi) is 4.88. The van der Waals surface area contributed by atoms with E-state index in [-0.39, 0.29) is 5.82 Å². The molecule has 0 unspecified atom stereocenters. The summed E-state index contributed by atoms with van der Waals surface area (Å²) < 4.78 is 18.3. The lowest BCUT2D eigenvalue weighted by Crippen LogP contribution is -1.92. The summed E-state index contributed by atoms with van der Waals surface area (Å²) in [5.74, 6) is 1.37. The van der Waals surface area contributed by atoms with Crippen molar-refractivity contribution >= 4 is 11.8 Å².